The number of nitrogens with zero attached hydrogens (tertiary/aromatic N) is 1. The molecular formula is C12H19NO4. The summed E-state index contributed by atoms with van der Waals surface area (Å²) in [6, 6.07) is 0.0506. The Kier molecular flexibility index (Phi) is 2.60. The van der Waals surface area contributed by atoms with Crippen molar-refractivity contribution in [3.05, 3.63) is 0 Å². The van der Waals surface area contributed by atoms with E-state index >= 15 is 0 Å². The minimum Gasteiger partial charge on any atom is -0.479 e. The van der Waals surface area contributed by atoms with Gasteiger partial charge in [-0.2, -0.15) is 0 Å². The van der Waals surface area contributed by atoms with Crippen LogP contribution in [-0.4, -0.2) is 39.3 Å². The van der Waals surface area contributed by atoms with Gasteiger partial charge in [-0.25, -0.2) is 9.59 Å². The van der Waals surface area contributed by atoms with Crippen LogP contribution in [0.3, 0.4) is 0 Å². The molecule has 1 amide bonds. The van der Waals surface area contributed by atoms with E-state index in [1.54, 1.807) is 20.8 Å². The van der Waals surface area contributed by atoms with Crippen LogP contribution in [0.2, 0.25) is 0 Å². The molecule has 3 fully saturated rings. The summed E-state index contributed by atoms with van der Waals surface area (Å²) in [5.74, 6) is -0.903. The van der Waals surface area contributed by atoms with E-state index < -0.39 is 23.2 Å². The maximum absolute atomic E-state index is 12.0. The van der Waals surface area contributed by atoms with Crippen LogP contribution in [0.4, 0.5) is 4.79 Å². The Morgan fingerprint density at radius 2 is 2.06 bits per heavy atom. The molecule has 2 bridgehead atoms. The minimum atomic E-state index is -0.995. The molecule has 1 saturated carbocycles. The summed E-state index contributed by atoms with van der Waals surface area (Å²) >= 11 is 0. The Hall–Kier alpha value is -1.26. The number of carbonyl (C=O) groups excluding carboxylic acids is 1. The summed E-state index contributed by atoms with van der Waals surface area (Å²) in [5.41, 5.74) is -1.58. The van der Waals surface area contributed by atoms with Crippen molar-refractivity contribution >= 4 is 12.1 Å². The molecule has 1 aliphatic carbocycles. The van der Waals surface area contributed by atoms with Crippen LogP contribution in [0.5, 0.6) is 0 Å². The lowest BCUT2D eigenvalue weighted by Gasteiger charge is -2.58. The predicted octanol–water partition coefficient (Wildman–Crippen LogP) is 2.00. The normalized spacial score (nSPS) is 31.7. The highest BCUT2D eigenvalue weighted by Crippen LogP contribution is 2.48. The Balaban J connectivity index is 2.15. The van der Waals surface area contributed by atoms with Gasteiger partial charge in [0.15, 0.2) is 0 Å². The third-order valence-corrected chi connectivity index (χ3v) is 3.52. The van der Waals surface area contributed by atoms with Gasteiger partial charge in [0.05, 0.1) is 0 Å². The molecule has 2 unspecified atom stereocenters. The van der Waals surface area contributed by atoms with Gasteiger partial charge in [0.25, 0.3) is 0 Å². The molecule has 3 aliphatic rings. The molecule has 2 aliphatic heterocycles. The minimum absolute atomic E-state index is 0.0506. The standard InChI is InChI=1S/C12H19NO4/c1-11(2,3)17-10(16)13-8-5-4-6-12(13,7-8)9(14)15/h8H,4-7H2,1-3H3,(H,14,15). The fourth-order valence-corrected chi connectivity index (χ4v) is 2.83. The summed E-state index contributed by atoms with van der Waals surface area (Å²) < 4.78 is 5.28. The summed E-state index contributed by atoms with van der Waals surface area (Å²) in [4.78, 5) is 24.8. The smallest absolute Gasteiger partial charge is 0.411 e. The van der Waals surface area contributed by atoms with Gasteiger partial charge in [-0.1, -0.05) is 0 Å². The van der Waals surface area contributed by atoms with Gasteiger partial charge in [-0.15, -0.1) is 0 Å². The Labute approximate surface area is 101 Å². The molecule has 5 nitrogen and oxygen atoms in total. The molecule has 0 aromatic rings. The number of hydrogen-bond donors (Lipinski definition) is 1. The van der Waals surface area contributed by atoms with Crippen LogP contribution in [0.15, 0.2) is 0 Å². The van der Waals surface area contributed by atoms with E-state index in [0.29, 0.717) is 12.8 Å². The lowest BCUT2D eigenvalue weighted by Crippen LogP contribution is -2.74. The van der Waals surface area contributed by atoms with Crippen molar-refractivity contribution in [3.63, 3.8) is 0 Å². The molecule has 0 radical (unpaired) electrons. The van der Waals surface area contributed by atoms with Crippen molar-refractivity contribution in [2.24, 2.45) is 0 Å². The maximum Gasteiger partial charge on any atom is 0.411 e. The zero-order valence-electron chi connectivity index (χ0n) is 10.5. The number of fused-ring (bicyclic) bond motifs is 2. The quantitative estimate of drug-likeness (QED) is 0.762. The van der Waals surface area contributed by atoms with E-state index in [0.717, 1.165) is 12.8 Å². The number of amides is 1. The second kappa shape index (κ2) is 3.62. The van der Waals surface area contributed by atoms with Gasteiger partial charge in [0.1, 0.15) is 11.1 Å². The molecule has 3 rings (SSSR count). The highest BCUT2D eigenvalue weighted by atomic mass is 16.6. The molecule has 0 aromatic carbocycles. The van der Waals surface area contributed by atoms with Crippen molar-refractivity contribution in [3.8, 4) is 0 Å². The molecule has 2 saturated heterocycles. The van der Waals surface area contributed by atoms with Crippen molar-refractivity contribution in [1.29, 1.82) is 0 Å². The third-order valence-electron chi connectivity index (χ3n) is 3.52. The van der Waals surface area contributed by atoms with Crippen LogP contribution in [0.1, 0.15) is 46.5 Å². The second-order valence-electron chi connectivity index (χ2n) is 5.94. The fourth-order valence-electron chi connectivity index (χ4n) is 2.83. The van der Waals surface area contributed by atoms with Crippen LogP contribution in [0.25, 0.3) is 0 Å². The van der Waals surface area contributed by atoms with E-state index in [2.05, 4.69) is 0 Å². The fraction of sp³-hybridized carbons (Fsp3) is 0.833. The van der Waals surface area contributed by atoms with Crippen molar-refractivity contribution < 1.29 is 19.4 Å². The van der Waals surface area contributed by atoms with E-state index in [1.165, 1.54) is 4.90 Å². The molecule has 5 heteroatoms. The summed E-state index contributed by atoms with van der Waals surface area (Å²) in [7, 11) is 0. The molecule has 2 atom stereocenters. The lowest BCUT2D eigenvalue weighted by atomic mass is 9.68. The van der Waals surface area contributed by atoms with Gasteiger partial charge in [-0.05, 0) is 40.0 Å². The first-order valence-corrected chi connectivity index (χ1v) is 6.02. The van der Waals surface area contributed by atoms with E-state index in [-0.39, 0.29) is 6.04 Å². The van der Waals surface area contributed by atoms with Gasteiger partial charge < -0.3 is 9.84 Å². The van der Waals surface area contributed by atoms with Crippen LogP contribution in [0, 0.1) is 0 Å². The molecule has 96 valence electrons. The molecule has 0 spiro atoms. The molecule has 2 heterocycles. The molecule has 0 aromatic heterocycles. The van der Waals surface area contributed by atoms with Crippen LogP contribution >= 0.6 is 0 Å². The Bertz CT molecular complexity index is 356. The zero-order chi connectivity index (χ0) is 12.8. The number of rotatable bonds is 1. The van der Waals surface area contributed by atoms with Crippen molar-refractivity contribution in [2.45, 2.75) is 63.6 Å². The molecular weight excluding hydrogens is 222 g/mol. The number of aliphatic carboxylic acids is 1. The van der Waals surface area contributed by atoms with Crippen LogP contribution in [-0.2, 0) is 9.53 Å². The Morgan fingerprint density at radius 1 is 1.41 bits per heavy atom. The first-order valence-electron chi connectivity index (χ1n) is 6.02. The monoisotopic (exact) mass is 241 g/mol. The summed E-state index contributed by atoms with van der Waals surface area (Å²) in [6.45, 7) is 5.36. The SMILES string of the molecule is CC(C)(C)OC(=O)N1C2CCCC1(C(=O)O)C2. The second-order valence-corrected chi connectivity index (χ2v) is 5.94. The first kappa shape index (κ1) is 12.2. The van der Waals surface area contributed by atoms with Crippen molar-refractivity contribution in [2.75, 3.05) is 0 Å². The zero-order valence-corrected chi connectivity index (χ0v) is 10.5. The number of hydrogen-bond acceptors (Lipinski definition) is 3. The van der Waals surface area contributed by atoms with Gasteiger partial charge in [0.2, 0.25) is 0 Å². The number of ether oxygens (including phenoxy) is 1. The van der Waals surface area contributed by atoms with Gasteiger partial charge in [0, 0.05) is 12.5 Å². The first-order chi connectivity index (χ1) is 7.76. The van der Waals surface area contributed by atoms with Gasteiger partial charge >= 0.3 is 12.1 Å². The maximum atomic E-state index is 12.0. The van der Waals surface area contributed by atoms with Crippen molar-refractivity contribution in [1.82, 2.24) is 4.90 Å². The lowest BCUT2D eigenvalue weighted by molar-refractivity contribution is -0.175. The van der Waals surface area contributed by atoms with E-state index in [9.17, 15) is 14.7 Å². The number of carboxylic acid groups (broad SMARTS) is 1. The highest BCUT2D eigenvalue weighted by molar-refractivity contribution is 5.87. The summed E-state index contributed by atoms with van der Waals surface area (Å²) in [5, 5.41) is 9.30. The van der Waals surface area contributed by atoms with E-state index in [4.69, 9.17) is 4.74 Å². The molecule has 1 N–H and O–H groups in total. The third kappa shape index (κ3) is 1.87. The number of carboxylic acids is 1. The topological polar surface area (TPSA) is 66.8 Å². The molecule has 17 heavy (non-hydrogen) atoms. The average Bonchev–Trinajstić information content (AvgIpc) is 2.14. The predicted molar refractivity (Wildman–Crippen MR) is 60.7 cm³/mol. The number of piperidine rings is 1. The largest absolute Gasteiger partial charge is 0.479 e. The Morgan fingerprint density at radius 3 is 2.53 bits per heavy atom. The van der Waals surface area contributed by atoms with Gasteiger partial charge in [-0.3, -0.25) is 4.90 Å². The average molecular weight is 241 g/mol. The summed E-state index contributed by atoms with van der Waals surface area (Å²) in [6.07, 6.45) is 2.38. The van der Waals surface area contributed by atoms with Crippen LogP contribution < -0.4 is 0 Å². The number of carbonyl (C=O) groups is 2. The van der Waals surface area contributed by atoms with E-state index in [1.807, 2.05) is 0 Å². The highest BCUT2D eigenvalue weighted by Gasteiger charge is 2.62.